The van der Waals surface area contributed by atoms with Crippen LogP contribution in [0.1, 0.15) is 55.0 Å². The highest BCUT2D eigenvalue weighted by Gasteiger charge is 2.27. The van der Waals surface area contributed by atoms with Crippen molar-refractivity contribution >= 4 is 5.91 Å². The minimum atomic E-state index is -0.179. The summed E-state index contributed by atoms with van der Waals surface area (Å²) >= 11 is 0. The van der Waals surface area contributed by atoms with E-state index in [-0.39, 0.29) is 18.1 Å². The molecule has 0 spiro atoms. The number of aromatic nitrogens is 1. The predicted octanol–water partition coefficient (Wildman–Crippen LogP) is 1.76. The van der Waals surface area contributed by atoms with E-state index in [4.69, 9.17) is 13.9 Å². The van der Waals surface area contributed by atoms with Crippen LogP contribution in [0, 0.1) is 0 Å². The summed E-state index contributed by atoms with van der Waals surface area (Å²) in [5.74, 6) is 0.380. The molecule has 0 saturated carbocycles. The Morgan fingerprint density at radius 2 is 2.25 bits per heavy atom. The van der Waals surface area contributed by atoms with E-state index in [0.717, 1.165) is 51.9 Å². The summed E-state index contributed by atoms with van der Waals surface area (Å²) in [6.07, 6.45) is 5.32. The second-order valence-electron chi connectivity index (χ2n) is 6.51. The maximum Gasteiger partial charge on any atom is 0.273 e. The Morgan fingerprint density at radius 1 is 1.38 bits per heavy atom. The van der Waals surface area contributed by atoms with Crippen LogP contribution < -0.4 is 5.32 Å². The molecule has 1 N–H and O–H groups in total. The van der Waals surface area contributed by atoms with E-state index in [0.29, 0.717) is 24.6 Å². The van der Waals surface area contributed by atoms with Crippen molar-refractivity contribution in [3.05, 3.63) is 17.8 Å². The van der Waals surface area contributed by atoms with Crippen molar-refractivity contribution in [3.8, 4) is 0 Å². The second-order valence-corrected chi connectivity index (χ2v) is 6.51. The number of ether oxygens (including phenoxy) is 2. The molecule has 7 heteroatoms. The summed E-state index contributed by atoms with van der Waals surface area (Å²) in [6.45, 7) is 7.27. The van der Waals surface area contributed by atoms with Crippen molar-refractivity contribution in [3.63, 3.8) is 0 Å². The van der Waals surface area contributed by atoms with Gasteiger partial charge in [-0.3, -0.25) is 4.79 Å². The van der Waals surface area contributed by atoms with Crippen molar-refractivity contribution in [2.24, 2.45) is 0 Å². The van der Waals surface area contributed by atoms with Crippen molar-refractivity contribution in [2.45, 2.75) is 44.8 Å². The SMILES string of the molecule is C[C@H]1CN(CCCNC(=O)c2ncoc2[C@@H]2CCCO2)CCCO1. The molecule has 0 bridgehead atoms. The third-order valence-electron chi connectivity index (χ3n) is 4.51. The lowest BCUT2D eigenvalue weighted by atomic mass is 10.1. The van der Waals surface area contributed by atoms with Crippen LogP contribution in [0.15, 0.2) is 10.8 Å². The highest BCUT2D eigenvalue weighted by Crippen LogP contribution is 2.30. The fourth-order valence-electron chi connectivity index (χ4n) is 3.31. The fourth-order valence-corrected chi connectivity index (χ4v) is 3.31. The number of nitrogens with one attached hydrogen (secondary N) is 1. The second kappa shape index (κ2) is 8.60. The number of amides is 1. The van der Waals surface area contributed by atoms with Gasteiger partial charge < -0.3 is 24.1 Å². The molecule has 1 amide bonds. The highest BCUT2D eigenvalue weighted by molar-refractivity contribution is 5.93. The Balaban J connectivity index is 1.42. The minimum Gasteiger partial charge on any atom is -0.445 e. The van der Waals surface area contributed by atoms with E-state index in [1.54, 1.807) is 0 Å². The van der Waals surface area contributed by atoms with E-state index in [2.05, 4.69) is 22.1 Å². The zero-order valence-electron chi connectivity index (χ0n) is 14.3. The lowest BCUT2D eigenvalue weighted by Crippen LogP contribution is -2.34. The summed E-state index contributed by atoms with van der Waals surface area (Å²) in [5, 5.41) is 2.94. The first-order valence-electron chi connectivity index (χ1n) is 8.91. The number of nitrogens with zero attached hydrogens (tertiary/aromatic N) is 2. The average molecular weight is 337 g/mol. The molecule has 2 fully saturated rings. The summed E-state index contributed by atoms with van der Waals surface area (Å²) in [4.78, 5) is 18.8. The van der Waals surface area contributed by atoms with Crippen LogP contribution in [0.4, 0.5) is 0 Å². The van der Waals surface area contributed by atoms with Gasteiger partial charge >= 0.3 is 0 Å². The first-order valence-corrected chi connectivity index (χ1v) is 8.91. The summed E-state index contributed by atoms with van der Waals surface area (Å²) in [7, 11) is 0. The highest BCUT2D eigenvalue weighted by atomic mass is 16.5. The van der Waals surface area contributed by atoms with Gasteiger partial charge in [0.05, 0.1) is 6.10 Å². The third-order valence-corrected chi connectivity index (χ3v) is 4.51. The van der Waals surface area contributed by atoms with Crippen molar-refractivity contribution in [2.75, 3.05) is 39.4 Å². The van der Waals surface area contributed by atoms with Gasteiger partial charge in [0.25, 0.3) is 5.91 Å². The molecular formula is C17H27N3O4. The van der Waals surface area contributed by atoms with E-state index < -0.39 is 0 Å². The average Bonchev–Trinajstić information content (AvgIpc) is 3.21. The number of carbonyl (C=O) groups is 1. The number of carbonyl (C=O) groups excluding carboxylic acids is 1. The maximum absolute atomic E-state index is 12.3. The van der Waals surface area contributed by atoms with Crippen LogP contribution in [0.25, 0.3) is 0 Å². The molecule has 7 nitrogen and oxygen atoms in total. The number of hydrogen-bond acceptors (Lipinski definition) is 6. The van der Waals surface area contributed by atoms with E-state index in [9.17, 15) is 4.79 Å². The molecule has 0 aliphatic carbocycles. The quantitative estimate of drug-likeness (QED) is 0.797. The molecule has 0 aromatic carbocycles. The van der Waals surface area contributed by atoms with Gasteiger partial charge in [-0.2, -0.15) is 0 Å². The fraction of sp³-hybridized carbons (Fsp3) is 0.765. The van der Waals surface area contributed by atoms with Crippen LogP contribution in [0.2, 0.25) is 0 Å². The third kappa shape index (κ3) is 4.55. The number of hydrogen-bond donors (Lipinski definition) is 1. The molecule has 24 heavy (non-hydrogen) atoms. The maximum atomic E-state index is 12.3. The van der Waals surface area contributed by atoms with Gasteiger partial charge in [-0.15, -0.1) is 0 Å². The lowest BCUT2D eigenvalue weighted by molar-refractivity contribution is 0.0675. The van der Waals surface area contributed by atoms with Crippen LogP contribution >= 0.6 is 0 Å². The van der Waals surface area contributed by atoms with Gasteiger partial charge in [0.1, 0.15) is 6.10 Å². The molecule has 2 atom stereocenters. The molecule has 2 saturated heterocycles. The zero-order valence-corrected chi connectivity index (χ0v) is 14.3. The molecule has 3 rings (SSSR count). The first kappa shape index (κ1) is 17.4. The standard InChI is InChI=1S/C17H27N3O4/c1-13-11-20(8-4-10-22-13)7-3-6-18-17(21)15-16(24-12-19-15)14-5-2-9-23-14/h12-14H,2-11H2,1H3,(H,18,21)/t13-,14-/m0/s1. The minimum absolute atomic E-state index is 0.133. The van der Waals surface area contributed by atoms with Crippen molar-refractivity contribution in [1.29, 1.82) is 0 Å². The van der Waals surface area contributed by atoms with Gasteiger partial charge in [0, 0.05) is 32.8 Å². The Hall–Kier alpha value is -1.44. The van der Waals surface area contributed by atoms with E-state index in [1.807, 2.05) is 0 Å². The Morgan fingerprint density at radius 3 is 3.08 bits per heavy atom. The van der Waals surface area contributed by atoms with Crippen molar-refractivity contribution < 1.29 is 18.7 Å². The Kier molecular flexibility index (Phi) is 6.23. The molecule has 2 aliphatic heterocycles. The first-order chi connectivity index (χ1) is 11.7. The van der Waals surface area contributed by atoms with E-state index >= 15 is 0 Å². The lowest BCUT2D eigenvalue weighted by Gasteiger charge is -2.21. The summed E-state index contributed by atoms with van der Waals surface area (Å²) in [5.41, 5.74) is 0.360. The van der Waals surface area contributed by atoms with Gasteiger partial charge in [-0.1, -0.05) is 0 Å². The van der Waals surface area contributed by atoms with Gasteiger partial charge in [-0.25, -0.2) is 4.98 Å². The smallest absolute Gasteiger partial charge is 0.273 e. The predicted molar refractivity (Wildman–Crippen MR) is 87.9 cm³/mol. The van der Waals surface area contributed by atoms with Gasteiger partial charge in [0.2, 0.25) is 0 Å². The van der Waals surface area contributed by atoms with Crippen LogP contribution in [0.3, 0.4) is 0 Å². The van der Waals surface area contributed by atoms with E-state index in [1.165, 1.54) is 6.39 Å². The number of oxazole rings is 1. The Labute approximate surface area is 142 Å². The molecular weight excluding hydrogens is 310 g/mol. The largest absolute Gasteiger partial charge is 0.445 e. The zero-order chi connectivity index (χ0) is 16.8. The molecule has 0 unspecified atom stereocenters. The summed E-state index contributed by atoms with van der Waals surface area (Å²) < 4.78 is 16.6. The Bertz CT molecular complexity index is 528. The topological polar surface area (TPSA) is 76.8 Å². The molecule has 0 radical (unpaired) electrons. The molecule has 134 valence electrons. The van der Waals surface area contributed by atoms with Crippen molar-refractivity contribution in [1.82, 2.24) is 15.2 Å². The molecule has 2 aliphatic rings. The van der Waals surface area contributed by atoms with Crippen LogP contribution in [-0.2, 0) is 9.47 Å². The monoisotopic (exact) mass is 337 g/mol. The molecule has 1 aromatic rings. The molecule has 3 heterocycles. The number of rotatable bonds is 6. The van der Waals surface area contributed by atoms with Gasteiger partial charge in [-0.05, 0) is 39.2 Å². The van der Waals surface area contributed by atoms with Gasteiger partial charge in [0.15, 0.2) is 17.8 Å². The van der Waals surface area contributed by atoms with Crippen LogP contribution in [0.5, 0.6) is 0 Å². The summed E-state index contributed by atoms with van der Waals surface area (Å²) in [6, 6.07) is 0. The molecule has 1 aromatic heterocycles. The van der Waals surface area contributed by atoms with Crippen LogP contribution in [-0.4, -0.2) is 61.3 Å². The normalized spacial score (nSPS) is 25.5.